The normalized spacial score (nSPS) is 10.9. The number of hydrogen-bond acceptors (Lipinski definition) is 4. The van der Waals surface area contributed by atoms with E-state index < -0.39 is 0 Å². The maximum atomic E-state index is 12.1. The molecule has 4 aromatic rings. The fourth-order valence-electron chi connectivity index (χ4n) is 3.44. The number of halogens is 1. The molecule has 6 heteroatoms. The Morgan fingerprint density at radius 1 is 1.06 bits per heavy atom. The van der Waals surface area contributed by atoms with E-state index in [4.69, 9.17) is 21.1 Å². The lowest BCUT2D eigenvalue weighted by Crippen LogP contribution is -2.06. The predicted molar refractivity (Wildman–Crippen MR) is 122 cm³/mol. The van der Waals surface area contributed by atoms with Gasteiger partial charge >= 0.3 is 5.97 Å². The van der Waals surface area contributed by atoms with Gasteiger partial charge in [0, 0.05) is 5.02 Å². The lowest BCUT2D eigenvalue weighted by Gasteiger charge is -2.12. The van der Waals surface area contributed by atoms with E-state index in [2.05, 4.69) is 4.98 Å². The summed E-state index contributed by atoms with van der Waals surface area (Å²) < 4.78 is 13.0. The molecule has 1 aromatic heterocycles. The molecular weight excluding hydrogens is 412 g/mol. The number of aryl methyl sites for hydroxylation is 1. The lowest BCUT2D eigenvalue weighted by atomic mass is 10.1. The number of hydrogen-bond donors (Lipinski definition) is 0. The molecule has 0 bridgehead atoms. The minimum Gasteiger partial charge on any atom is -0.489 e. The summed E-state index contributed by atoms with van der Waals surface area (Å²) in [5, 5.41) is 0.619. The summed E-state index contributed by atoms with van der Waals surface area (Å²) in [5.41, 5.74) is 4.23. The van der Waals surface area contributed by atoms with Crippen LogP contribution in [-0.2, 0) is 17.9 Å². The zero-order valence-corrected chi connectivity index (χ0v) is 18.2. The van der Waals surface area contributed by atoms with Crippen molar-refractivity contribution >= 4 is 28.6 Å². The Morgan fingerprint density at radius 2 is 1.87 bits per heavy atom. The van der Waals surface area contributed by atoms with Gasteiger partial charge in [-0.2, -0.15) is 0 Å². The third kappa shape index (κ3) is 4.72. The zero-order chi connectivity index (χ0) is 21.8. The average molecular weight is 435 g/mol. The van der Waals surface area contributed by atoms with Gasteiger partial charge in [0.25, 0.3) is 0 Å². The molecule has 5 nitrogen and oxygen atoms in total. The van der Waals surface area contributed by atoms with Crippen LogP contribution in [0.15, 0.2) is 66.7 Å². The smallest absolute Gasteiger partial charge is 0.338 e. The van der Waals surface area contributed by atoms with Crippen LogP contribution in [0.2, 0.25) is 5.02 Å². The van der Waals surface area contributed by atoms with Gasteiger partial charge in [-0.3, -0.25) is 0 Å². The first-order chi connectivity index (χ1) is 15.0. The largest absolute Gasteiger partial charge is 0.489 e. The Bertz CT molecular complexity index is 1220. The Kier molecular flexibility index (Phi) is 6.23. The third-order valence-electron chi connectivity index (χ3n) is 5.05. The molecule has 1 heterocycles. The number of carbonyl (C=O) groups is 1. The van der Waals surface area contributed by atoms with E-state index in [1.165, 1.54) is 0 Å². The van der Waals surface area contributed by atoms with Crippen LogP contribution in [0.25, 0.3) is 11.0 Å². The molecule has 4 rings (SSSR count). The summed E-state index contributed by atoms with van der Waals surface area (Å²) in [4.78, 5) is 16.7. The second-order valence-corrected chi connectivity index (χ2v) is 7.60. The molecule has 0 aliphatic heterocycles. The van der Waals surface area contributed by atoms with Gasteiger partial charge in [-0.1, -0.05) is 48.0 Å². The molecule has 0 saturated carbocycles. The predicted octanol–water partition coefficient (Wildman–Crippen LogP) is 5.80. The van der Waals surface area contributed by atoms with Crippen LogP contribution < -0.4 is 4.74 Å². The fraction of sp³-hybridized carbons (Fsp3) is 0.200. The second-order valence-electron chi connectivity index (χ2n) is 7.20. The van der Waals surface area contributed by atoms with E-state index in [-0.39, 0.29) is 5.97 Å². The number of rotatable bonds is 7. The Hall–Kier alpha value is -3.31. The molecule has 0 fully saturated rings. The maximum Gasteiger partial charge on any atom is 0.338 e. The minimum absolute atomic E-state index is 0.337. The van der Waals surface area contributed by atoms with Gasteiger partial charge < -0.3 is 14.0 Å². The van der Waals surface area contributed by atoms with E-state index in [9.17, 15) is 4.79 Å². The van der Waals surface area contributed by atoms with Crippen LogP contribution in [0, 0.1) is 6.92 Å². The van der Waals surface area contributed by atoms with Gasteiger partial charge in [-0.15, -0.1) is 0 Å². The highest BCUT2D eigenvalue weighted by Crippen LogP contribution is 2.26. The monoisotopic (exact) mass is 434 g/mol. The highest BCUT2D eigenvalue weighted by atomic mass is 35.5. The van der Waals surface area contributed by atoms with Gasteiger partial charge in [-0.25, -0.2) is 9.78 Å². The first-order valence-electron chi connectivity index (χ1n) is 10.1. The molecular formula is C25H23ClN2O3. The van der Waals surface area contributed by atoms with Crippen molar-refractivity contribution in [3.05, 3.63) is 94.3 Å². The van der Waals surface area contributed by atoms with Crippen molar-refractivity contribution in [2.24, 2.45) is 0 Å². The summed E-state index contributed by atoms with van der Waals surface area (Å²) in [6, 6.07) is 21.1. The molecule has 0 spiro atoms. The Labute approximate surface area is 186 Å². The number of ether oxygens (including phenoxy) is 2. The lowest BCUT2D eigenvalue weighted by molar-refractivity contribution is 0.0526. The third-order valence-corrected chi connectivity index (χ3v) is 5.40. The topological polar surface area (TPSA) is 53.3 Å². The van der Waals surface area contributed by atoms with Crippen LogP contribution in [0.4, 0.5) is 0 Å². The molecule has 0 saturated heterocycles. The van der Waals surface area contributed by atoms with Crippen molar-refractivity contribution in [2.75, 3.05) is 6.61 Å². The molecule has 0 aliphatic carbocycles. The molecule has 0 atom stereocenters. The molecule has 0 amide bonds. The number of nitrogens with zero attached hydrogens (tertiary/aromatic N) is 2. The van der Waals surface area contributed by atoms with Crippen LogP contribution in [0.1, 0.15) is 34.2 Å². The summed E-state index contributed by atoms with van der Waals surface area (Å²) in [6.07, 6.45) is 0. The molecule has 0 aliphatic rings. The number of carbonyl (C=O) groups excluding carboxylic acids is 1. The Balaban J connectivity index is 1.56. The van der Waals surface area contributed by atoms with Gasteiger partial charge in [0.1, 0.15) is 18.2 Å². The number of fused-ring (bicyclic) bond motifs is 1. The first-order valence-corrected chi connectivity index (χ1v) is 10.5. The van der Waals surface area contributed by atoms with Gasteiger partial charge in [0.2, 0.25) is 0 Å². The molecule has 0 unspecified atom stereocenters. The van der Waals surface area contributed by atoms with Crippen molar-refractivity contribution in [1.29, 1.82) is 0 Å². The molecule has 31 heavy (non-hydrogen) atoms. The second kappa shape index (κ2) is 9.23. The molecule has 0 radical (unpaired) electrons. The van der Waals surface area contributed by atoms with Crippen molar-refractivity contribution in [2.45, 2.75) is 27.0 Å². The van der Waals surface area contributed by atoms with Crippen LogP contribution in [0.5, 0.6) is 5.75 Å². The molecule has 158 valence electrons. The van der Waals surface area contributed by atoms with E-state index >= 15 is 0 Å². The number of imidazole rings is 1. The highest BCUT2D eigenvalue weighted by Gasteiger charge is 2.14. The minimum atomic E-state index is -0.340. The van der Waals surface area contributed by atoms with Gasteiger partial charge in [0.15, 0.2) is 0 Å². The van der Waals surface area contributed by atoms with Gasteiger partial charge in [-0.05, 0) is 55.3 Å². The zero-order valence-electron chi connectivity index (χ0n) is 17.5. The average Bonchev–Trinajstić information content (AvgIpc) is 3.09. The summed E-state index contributed by atoms with van der Waals surface area (Å²) >= 11 is 6.57. The van der Waals surface area contributed by atoms with Crippen molar-refractivity contribution < 1.29 is 14.3 Å². The van der Waals surface area contributed by atoms with Crippen molar-refractivity contribution in [1.82, 2.24) is 9.55 Å². The van der Waals surface area contributed by atoms with Crippen molar-refractivity contribution in [3.63, 3.8) is 0 Å². The highest BCUT2D eigenvalue weighted by molar-refractivity contribution is 6.31. The summed E-state index contributed by atoms with van der Waals surface area (Å²) in [5.74, 6) is 1.22. The SMILES string of the molecule is CCOC(=O)c1ccc2nc(C)n(Cc3ccc(OCc4ccccc4)cc3Cl)c2c1. The summed E-state index contributed by atoms with van der Waals surface area (Å²) in [7, 11) is 0. The summed E-state index contributed by atoms with van der Waals surface area (Å²) in [6.45, 7) is 5.09. The van der Waals surface area contributed by atoms with Gasteiger partial charge in [0.05, 0.1) is 29.7 Å². The standard InChI is InChI=1S/C25H23ClN2O3/c1-3-30-25(29)19-10-12-23-24(13-19)28(17(2)27-23)15-20-9-11-21(14-22(20)26)31-16-18-7-5-4-6-8-18/h4-14H,3,15-16H2,1-2H3. The van der Waals surface area contributed by atoms with Crippen LogP contribution >= 0.6 is 11.6 Å². The first kappa shape index (κ1) is 20.9. The van der Waals surface area contributed by atoms with E-state index in [0.29, 0.717) is 30.3 Å². The number of benzene rings is 3. The van der Waals surface area contributed by atoms with E-state index in [0.717, 1.165) is 33.7 Å². The number of aromatic nitrogens is 2. The van der Waals surface area contributed by atoms with E-state index in [1.807, 2.05) is 72.2 Å². The fourth-order valence-corrected chi connectivity index (χ4v) is 3.67. The van der Waals surface area contributed by atoms with E-state index in [1.54, 1.807) is 13.0 Å². The van der Waals surface area contributed by atoms with Crippen molar-refractivity contribution in [3.8, 4) is 5.75 Å². The van der Waals surface area contributed by atoms with Crippen LogP contribution in [0.3, 0.4) is 0 Å². The molecule has 0 N–H and O–H groups in total. The Morgan fingerprint density at radius 3 is 2.61 bits per heavy atom. The molecule has 3 aromatic carbocycles. The quantitative estimate of drug-likeness (QED) is 0.345. The number of esters is 1. The maximum absolute atomic E-state index is 12.1. The van der Waals surface area contributed by atoms with Crippen LogP contribution in [-0.4, -0.2) is 22.1 Å².